The molecular weight excluding hydrogens is 273 g/mol. The van der Waals surface area contributed by atoms with Crippen molar-refractivity contribution in [2.24, 2.45) is 0 Å². The largest absolute Gasteiger partial charge is 2.00 e. The monoisotopic (exact) mass is 290 g/mol. The molecule has 0 amide bonds. The molecule has 0 bridgehead atoms. The predicted octanol–water partition coefficient (Wildman–Crippen LogP) is 2.83. The second-order valence-corrected chi connectivity index (χ2v) is 3.46. The van der Waals surface area contributed by atoms with Crippen molar-refractivity contribution in [3.8, 4) is 0 Å². The van der Waals surface area contributed by atoms with Gasteiger partial charge in [0.1, 0.15) is 0 Å². The molecule has 0 spiro atoms. The van der Waals surface area contributed by atoms with Crippen LogP contribution in [-0.4, -0.2) is 9.97 Å². The molecule has 0 fully saturated rings. The fourth-order valence-corrected chi connectivity index (χ4v) is 1.19. The van der Waals surface area contributed by atoms with Gasteiger partial charge in [-0.05, 0) is 0 Å². The third kappa shape index (κ3) is 5.58. The Morgan fingerprint density at radius 1 is 0.867 bits per heavy atom. The Morgan fingerprint density at radius 2 is 1.20 bits per heavy atom. The second kappa shape index (κ2) is 6.63. The summed E-state index contributed by atoms with van der Waals surface area (Å²) in [6, 6.07) is 8.04. The van der Waals surface area contributed by atoms with Gasteiger partial charge in [0, 0.05) is 0 Å². The second-order valence-electron chi connectivity index (χ2n) is 3.46. The molecule has 0 aliphatic carbocycles. The molecule has 2 heterocycles. The van der Waals surface area contributed by atoms with Gasteiger partial charge in [-0.15, -0.1) is 11.4 Å². The summed E-state index contributed by atoms with van der Waals surface area (Å²) in [5.41, 5.74) is 4.44. The Hall–Kier alpha value is -0.817. The third-order valence-electron chi connectivity index (χ3n) is 1.84. The Bertz CT molecular complexity index is 316. The number of hydrogen-bond acceptors (Lipinski definition) is 2. The normalized spacial score (nSPS) is 8.80. The van der Waals surface area contributed by atoms with Crippen molar-refractivity contribution in [2.45, 2.75) is 27.7 Å². The maximum absolute atomic E-state index is 4.11. The summed E-state index contributed by atoms with van der Waals surface area (Å²) in [4.78, 5) is 8.22. The molecule has 2 rings (SSSR count). The molecule has 15 heavy (non-hydrogen) atoms. The zero-order chi connectivity index (χ0) is 10.6. The van der Waals surface area contributed by atoms with Crippen LogP contribution in [0, 0.1) is 27.7 Å². The predicted molar refractivity (Wildman–Crippen MR) is 58.6 cm³/mol. The molecule has 0 aromatic carbocycles. The molecule has 2 aromatic heterocycles. The van der Waals surface area contributed by atoms with E-state index in [4.69, 9.17) is 0 Å². The first-order valence-electron chi connectivity index (χ1n) is 4.72. The molecule has 0 aliphatic heterocycles. The summed E-state index contributed by atoms with van der Waals surface area (Å²) in [7, 11) is 0. The van der Waals surface area contributed by atoms with Gasteiger partial charge >= 0.3 is 19.5 Å². The molecule has 82 valence electrons. The van der Waals surface area contributed by atoms with Crippen LogP contribution in [0.5, 0.6) is 0 Å². The zero-order valence-corrected chi connectivity index (χ0v) is 11.3. The molecule has 2 nitrogen and oxygen atoms in total. The number of nitrogens with zero attached hydrogens (tertiary/aromatic N) is 2. The van der Waals surface area contributed by atoms with E-state index in [1.165, 1.54) is 0 Å². The minimum atomic E-state index is 0. The summed E-state index contributed by atoms with van der Waals surface area (Å²) in [5.74, 6) is 0. The van der Waals surface area contributed by atoms with Gasteiger partial charge < -0.3 is 9.97 Å². The molecule has 0 atom stereocenters. The Labute approximate surface area is 104 Å². The maximum Gasteiger partial charge on any atom is 2.00 e. The molecule has 0 saturated carbocycles. The van der Waals surface area contributed by atoms with Crippen molar-refractivity contribution >= 4 is 0 Å². The number of hydrogen-bond donors (Lipinski definition) is 0. The van der Waals surface area contributed by atoms with Crippen molar-refractivity contribution < 1.29 is 19.5 Å². The SMILES string of the molecule is Cc1cc[c-](C)n1.Cc1cc[c-](C)n1.[Ru+2]. The first kappa shape index (κ1) is 14.2. The van der Waals surface area contributed by atoms with Gasteiger partial charge in [-0.1, -0.05) is 39.1 Å². The van der Waals surface area contributed by atoms with E-state index in [9.17, 15) is 0 Å². The topological polar surface area (TPSA) is 25.8 Å². The van der Waals surface area contributed by atoms with Gasteiger partial charge in [0.15, 0.2) is 0 Å². The van der Waals surface area contributed by atoms with Gasteiger partial charge in [-0.3, -0.25) is 0 Å². The van der Waals surface area contributed by atoms with Gasteiger partial charge in [0.05, 0.1) is 0 Å². The van der Waals surface area contributed by atoms with Crippen LogP contribution < -0.4 is 0 Å². The van der Waals surface area contributed by atoms with Crippen LogP contribution in [0.2, 0.25) is 0 Å². The van der Waals surface area contributed by atoms with Gasteiger partial charge in [0.2, 0.25) is 0 Å². The van der Waals surface area contributed by atoms with Crippen LogP contribution in [0.3, 0.4) is 0 Å². The van der Waals surface area contributed by atoms with Crippen molar-refractivity contribution in [2.75, 3.05) is 0 Å². The van der Waals surface area contributed by atoms with Crippen LogP contribution >= 0.6 is 0 Å². The minimum absolute atomic E-state index is 0. The van der Waals surface area contributed by atoms with Crippen molar-refractivity contribution in [3.63, 3.8) is 0 Å². The Balaban J connectivity index is 0.000000245. The van der Waals surface area contributed by atoms with Gasteiger partial charge in [-0.25, -0.2) is 0 Å². The molecule has 0 radical (unpaired) electrons. The van der Waals surface area contributed by atoms with Crippen molar-refractivity contribution in [3.05, 3.63) is 47.0 Å². The smallest absolute Gasteiger partial charge is 0.397 e. The van der Waals surface area contributed by atoms with E-state index in [2.05, 4.69) is 9.97 Å². The molecular formula is C12H16N2Ru. The maximum atomic E-state index is 4.11. The molecule has 2 aromatic rings. The summed E-state index contributed by atoms with van der Waals surface area (Å²) < 4.78 is 0. The van der Waals surface area contributed by atoms with Crippen LogP contribution in [-0.2, 0) is 19.5 Å². The summed E-state index contributed by atoms with van der Waals surface area (Å²) in [6.45, 7) is 7.97. The molecule has 0 saturated heterocycles. The third-order valence-corrected chi connectivity index (χ3v) is 1.84. The number of rotatable bonds is 0. The van der Waals surface area contributed by atoms with Crippen LogP contribution in [0.4, 0.5) is 0 Å². The Morgan fingerprint density at radius 3 is 1.27 bits per heavy atom. The number of aromatic nitrogens is 2. The van der Waals surface area contributed by atoms with Crippen LogP contribution in [0.15, 0.2) is 24.3 Å². The Kier molecular flexibility index (Phi) is 6.27. The van der Waals surface area contributed by atoms with E-state index in [1.54, 1.807) is 0 Å². The molecule has 3 heteroatoms. The molecule has 0 aliphatic rings. The first-order chi connectivity index (χ1) is 6.58. The fraction of sp³-hybridized carbons (Fsp3) is 0.333. The minimum Gasteiger partial charge on any atom is -0.397 e. The summed E-state index contributed by atoms with van der Waals surface area (Å²) in [5, 5.41) is 0. The average molecular weight is 289 g/mol. The van der Waals surface area contributed by atoms with Gasteiger partial charge in [0.25, 0.3) is 0 Å². The quantitative estimate of drug-likeness (QED) is 0.550. The standard InChI is InChI=1S/2C6H8N.Ru/c2*1-5-3-4-6(2)7-5;/h2*3-4H,1-2H3;/q2*-1;+2. The molecule has 0 N–H and O–H groups in total. The van der Waals surface area contributed by atoms with Gasteiger partial charge in [-0.2, -0.15) is 24.3 Å². The summed E-state index contributed by atoms with van der Waals surface area (Å²) in [6.07, 6.45) is 0. The number of aryl methyl sites for hydroxylation is 4. The first-order valence-corrected chi connectivity index (χ1v) is 4.72. The van der Waals surface area contributed by atoms with Crippen LogP contribution in [0.25, 0.3) is 0 Å². The van der Waals surface area contributed by atoms with Crippen molar-refractivity contribution in [1.29, 1.82) is 0 Å². The van der Waals surface area contributed by atoms with Crippen LogP contribution in [0.1, 0.15) is 22.8 Å². The van der Waals surface area contributed by atoms with E-state index >= 15 is 0 Å². The zero-order valence-electron chi connectivity index (χ0n) is 9.56. The van der Waals surface area contributed by atoms with E-state index in [0.29, 0.717) is 0 Å². The summed E-state index contributed by atoms with van der Waals surface area (Å²) >= 11 is 0. The van der Waals surface area contributed by atoms with E-state index in [1.807, 2.05) is 52.0 Å². The fourth-order valence-electron chi connectivity index (χ4n) is 1.19. The van der Waals surface area contributed by atoms with E-state index in [0.717, 1.165) is 22.8 Å². The van der Waals surface area contributed by atoms with Crippen molar-refractivity contribution in [1.82, 2.24) is 9.97 Å². The van der Waals surface area contributed by atoms with E-state index < -0.39 is 0 Å². The average Bonchev–Trinajstić information content (AvgIpc) is 2.63. The van der Waals surface area contributed by atoms with E-state index in [-0.39, 0.29) is 19.5 Å². The molecule has 0 unspecified atom stereocenters.